The van der Waals surface area contributed by atoms with Crippen molar-refractivity contribution in [2.45, 2.75) is 6.42 Å². The molecule has 0 saturated heterocycles. The van der Waals surface area contributed by atoms with E-state index in [-0.39, 0.29) is 19.0 Å². The molecule has 0 aliphatic carbocycles. The van der Waals surface area contributed by atoms with Crippen molar-refractivity contribution in [3.05, 3.63) is 65.0 Å². The van der Waals surface area contributed by atoms with Gasteiger partial charge in [0.1, 0.15) is 0 Å². The minimum absolute atomic E-state index is 0.0529. The molecule has 7 heteroatoms. The molecule has 2 aromatic carbocycles. The van der Waals surface area contributed by atoms with Gasteiger partial charge in [0.05, 0.1) is 12.0 Å². The molecular weight excluding hydrogens is 321 g/mol. The summed E-state index contributed by atoms with van der Waals surface area (Å²) < 4.78 is 39.6. The number of halogens is 3. The van der Waals surface area contributed by atoms with Crippen LogP contribution in [0.3, 0.4) is 0 Å². The molecule has 4 nitrogen and oxygen atoms in total. The van der Waals surface area contributed by atoms with Gasteiger partial charge in [0.15, 0.2) is 17.5 Å². The first-order chi connectivity index (χ1) is 11.5. The molecule has 2 aromatic rings. The number of benzene rings is 2. The Labute approximate surface area is 135 Å². The van der Waals surface area contributed by atoms with E-state index >= 15 is 0 Å². The average molecular weight is 334 g/mol. The second kappa shape index (κ2) is 6.35. The maximum absolute atomic E-state index is 13.6. The number of hydrogen-bond donors (Lipinski definition) is 1. The fraction of sp³-hybridized carbons (Fsp3) is 0.176. The van der Waals surface area contributed by atoms with Gasteiger partial charge in [-0.05, 0) is 23.8 Å². The lowest BCUT2D eigenvalue weighted by atomic mass is 10.2. The van der Waals surface area contributed by atoms with Crippen molar-refractivity contribution in [3.8, 4) is 0 Å². The Morgan fingerprint density at radius 3 is 2.62 bits per heavy atom. The zero-order valence-electron chi connectivity index (χ0n) is 12.5. The second-order valence-corrected chi connectivity index (χ2v) is 5.33. The van der Waals surface area contributed by atoms with E-state index in [1.54, 1.807) is 12.1 Å². The Morgan fingerprint density at radius 1 is 1.08 bits per heavy atom. The number of nitrogens with zero attached hydrogens (tertiary/aromatic N) is 1. The maximum Gasteiger partial charge on any atom is 0.254 e. The van der Waals surface area contributed by atoms with E-state index in [4.69, 9.17) is 0 Å². The molecule has 3 rings (SSSR count). The summed E-state index contributed by atoms with van der Waals surface area (Å²) in [5.74, 6) is -5.54. The smallest absolute Gasteiger partial charge is 0.254 e. The third-order valence-corrected chi connectivity index (χ3v) is 3.83. The van der Waals surface area contributed by atoms with E-state index in [9.17, 15) is 22.8 Å². The van der Waals surface area contributed by atoms with Gasteiger partial charge in [-0.25, -0.2) is 13.2 Å². The van der Waals surface area contributed by atoms with Crippen LogP contribution in [0, 0.1) is 17.5 Å². The zero-order valence-corrected chi connectivity index (χ0v) is 12.5. The summed E-state index contributed by atoms with van der Waals surface area (Å²) in [6.07, 6.45) is 0.294. The molecule has 1 aliphatic rings. The summed E-state index contributed by atoms with van der Waals surface area (Å²) in [4.78, 5) is 25.4. The molecule has 0 spiro atoms. The summed E-state index contributed by atoms with van der Waals surface area (Å²) in [7, 11) is 0. The Kier molecular flexibility index (Phi) is 4.24. The van der Waals surface area contributed by atoms with Crippen LogP contribution in [0.1, 0.15) is 15.9 Å². The molecule has 2 amide bonds. The molecule has 0 bridgehead atoms. The van der Waals surface area contributed by atoms with Crippen LogP contribution in [0.4, 0.5) is 18.9 Å². The van der Waals surface area contributed by atoms with Crippen LogP contribution in [0.2, 0.25) is 0 Å². The fourth-order valence-corrected chi connectivity index (χ4v) is 2.64. The Bertz CT molecular complexity index is 823. The predicted molar refractivity (Wildman–Crippen MR) is 81.1 cm³/mol. The predicted octanol–water partition coefficient (Wildman–Crippen LogP) is 2.42. The minimum atomic E-state index is -1.69. The van der Waals surface area contributed by atoms with Gasteiger partial charge in [-0.1, -0.05) is 18.2 Å². The lowest BCUT2D eigenvalue weighted by Crippen LogP contribution is -2.37. The number of anilines is 1. The second-order valence-electron chi connectivity index (χ2n) is 5.33. The SMILES string of the molecule is O=C(NCCN1C(=O)Cc2ccccc21)c1ccc(F)c(F)c1F. The topological polar surface area (TPSA) is 49.4 Å². The van der Waals surface area contributed by atoms with Crippen LogP contribution < -0.4 is 10.2 Å². The van der Waals surface area contributed by atoms with Crippen LogP contribution in [0.5, 0.6) is 0 Å². The van der Waals surface area contributed by atoms with Crippen LogP contribution in [0.15, 0.2) is 36.4 Å². The van der Waals surface area contributed by atoms with Crippen molar-refractivity contribution < 1.29 is 22.8 Å². The number of carbonyl (C=O) groups excluding carboxylic acids is 2. The van der Waals surface area contributed by atoms with E-state index in [0.29, 0.717) is 12.5 Å². The van der Waals surface area contributed by atoms with E-state index < -0.39 is 28.9 Å². The highest BCUT2D eigenvalue weighted by molar-refractivity contribution is 6.01. The fourth-order valence-electron chi connectivity index (χ4n) is 2.64. The summed E-state index contributed by atoms with van der Waals surface area (Å²) in [5.41, 5.74) is 1.10. The summed E-state index contributed by atoms with van der Waals surface area (Å²) in [6.45, 7) is 0.254. The molecule has 0 atom stereocenters. The highest BCUT2D eigenvalue weighted by atomic mass is 19.2. The molecule has 0 saturated carbocycles. The van der Waals surface area contributed by atoms with Gasteiger partial charge in [0.25, 0.3) is 5.91 Å². The van der Waals surface area contributed by atoms with E-state index in [2.05, 4.69) is 5.32 Å². The van der Waals surface area contributed by atoms with Crippen molar-refractivity contribution in [3.63, 3.8) is 0 Å². The molecule has 1 N–H and O–H groups in total. The van der Waals surface area contributed by atoms with Crippen molar-refractivity contribution in [2.75, 3.05) is 18.0 Å². The third kappa shape index (κ3) is 2.84. The molecule has 0 fully saturated rings. The highest BCUT2D eigenvalue weighted by Crippen LogP contribution is 2.27. The van der Waals surface area contributed by atoms with Crippen molar-refractivity contribution in [2.24, 2.45) is 0 Å². The van der Waals surface area contributed by atoms with Gasteiger partial charge in [0, 0.05) is 18.8 Å². The van der Waals surface area contributed by atoms with Gasteiger partial charge < -0.3 is 10.2 Å². The minimum Gasteiger partial charge on any atom is -0.350 e. The molecule has 0 unspecified atom stereocenters. The van der Waals surface area contributed by atoms with Crippen LogP contribution in [0.25, 0.3) is 0 Å². The van der Waals surface area contributed by atoms with Crippen molar-refractivity contribution >= 4 is 17.5 Å². The van der Waals surface area contributed by atoms with Crippen molar-refractivity contribution in [1.82, 2.24) is 5.32 Å². The quantitative estimate of drug-likeness (QED) is 0.873. The molecule has 1 aliphatic heterocycles. The maximum atomic E-state index is 13.6. The van der Waals surface area contributed by atoms with Gasteiger partial charge in [-0.3, -0.25) is 9.59 Å². The molecule has 1 heterocycles. The summed E-state index contributed by atoms with van der Waals surface area (Å²) in [6, 6.07) is 8.86. The standard InChI is InChI=1S/C17H13F3N2O2/c18-12-6-5-11(15(19)16(12)20)17(24)21-7-8-22-13-4-2-1-3-10(13)9-14(22)23/h1-6H,7-9H2,(H,21,24). The van der Waals surface area contributed by atoms with Gasteiger partial charge in [-0.15, -0.1) is 0 Å². The number of amides is 2. The summed E-state index contributed by atoms with van der Waals surface area (Å²) >= 11 is 0. The molecule has 0 aromatic heterocycles. The van der Waals surface area contributed by atoms with Gasteiger partial charge in [0.2, 0.25) is 5.91 Å². The summed E-state index contributed by atoms with van der Waals surface area (Å²) in [5, 5.41) is 2.40. The average Bonchev–Trinajstić information content (AvgIpc) is 2.88. The highest BCUT2D eigenvalue weighted by Gasteiger charge is 2.26. The Morgan fingerprint density at radius 2 is 1.83 bits per heavy atom. The monoisotopic (exact) mass is 334 g/mol. The zero-order chi connectivity index (χ0) is 17.3. The lowest BCUT2D eigenvalue weighted by Gasteiger charge is -2.17. The third-order valence-electron chi connectivity index (χ3n) is 3.83. The lowest BCUT2D eigenvalue weighted by molar-refractivity contribution is -0.117. The number of carbonyl (C=O) groups is 2. The Hall–Kier alpha value is -2.83. The van der Waals surface area contributed by atoms with E-state index in [1.807, 2.05) is 12.1 Å². The van der Waals surface area contributed by atoms with Gasteiger partial charge >= 0.3 is 0 Å². The molecule has 0 radical (unpaired) electrons. The molecule has 124 valence electrons. The van der Waals surface area contributed by atoms with Crippen LogP contribution in [-0.2, 0) is 11.2 Å². The van der Waals surface area contributed by atoms with E-state index in [1.165, 1.54) is 4.90 Å². The first-order valence-corrected chi connectivity index (χ1v) is 7.29. The first kappa shape index (κ1) is 16.0. The molecular formula is C17H13F3N2O2. The normalized spacial score (nSPS) is 13.1. The first-order valence-electron chi connectivity index (χ1n) is 7.29. The molecule has 24 heavy (non-hydrogen) atoms. The number of para-hydroxylation sites is 1. The number of hydrogen-bond acceptors (Lipinski definition) is 2. The number of rotatable bonds is 4. The Balaban J connectivity index is 1.64. The number of fused-ring (bicyclic) bond motifs is 1. The largest absolute Gasteiger partial charge is 0.350 e. The van der Waals surface area contributed by atoms with E-state index in [0.717, 1.165) is 17.3 Å². The number of nitrogens with one attached hydrogen (secondary N) is 1. The van der Waals surface area contributed by atoms with Crippen molar-refractivity contribution in [1.29, 1.82) is 0 Å². The van der Waals surface area contributed by atoms with Crippen LogP contribution in [-0.4, -0.2) is 24.9 Å². The van der Waals surface area contributed by atoms with Gasteiger partial charge in [-0.2, -0.15) is 0 Å². The van der Waals surface area contributed by atoms with Crippen LogP contribution >= 0.6 is 0 Å².